The number of nitrogens with one attached hydrogen (secondary N) is 1. The van der Waals surface area contributed by atoms with Gasteiger partial charge >= 0.3 is 0 Å². The second-order valence-electron chi connectivity index (χ2n) is 5.28. The molecule has 0 bridgehead atoms. The first kappa shape index (κ1) is 12.3. The van der Waals surface area contributed by atoms with E-state index in [0.717, 1.165) is 19.2 Å². The van der Waals surface area contributed by atoms with E-state index in [1.165, 1.54) is 38.6 Å². The summed E-state index contributed by atoms with van der Waals surface area (Å²) in [5.74, 6) is 0. The predicted octanol–water partition coefficient (Wildman–Crippen LogP) is 1.63. The Balaban J connectivity index is 1.71. The van der Waals surface area contributed by atoms with Crippen LogP contribution < -0.4 is 5.32 Å². The van der Waals surface area contributed by atoms with E-state index in [1.54, 1.807) is 0 Å². The second kappa shape index (κ2) is 5.99. The molecule has 2 rings (SSSR count). The van der Waals surface area contributed by atoms with Gasteiger partial charge in [-0.15, -0.1) is 0 Å². The maximum atomic E-state index is 5.83. The smallest absolute Gasteiger partial charge is 0.0730 e. The van der Waals surface area contributed by atoms with Crippen LogP contribution in [0.5, 0.6) is 0 Å². The molecule has 0 aromatic heterocycles. The van der Waals surface area contributed by atoms with Crippen LogP contribution in [0.1, 0.15) is 39.0 Å². The Hall–Kier alpha value is -0.120. The SMILES string of the molecule is CNC(C)CCCN1CCOC2CCCC21. The van der Waals surface area contributed by atoms with Gasteiger partial charge in [-0.2, -0.15) is 0 Å². The highest BCUT2D eigenvalue weighted by molar-refractivity contribution is 4.89. The number of rotatable bonds is 5. The van der Waals surface area contributed by atoms with Crippen molar-refractivity contribution in [3.05, 3.63) is 0 Å². The highest BCUT2D eigenvalue weighted by Crippen LogP contribution is 2.29. The third-order valence-corrected chi connectivity index (χ3v) is 4.17. The van der Waals surface area contributed by atoms with Gasteiger partial charge in [0.1, 0.15) is 0 Å². The van der Waals surface area contributed by atoms with Crippen LogP contribution >= 0.6 is 0 Å². The van der Waals surface area contributed by atoms with E-state index in [1.807, 2.05) is 7.05 Å². The normalized spacial score (nSPS) is 32.6. The highest BCUT2D eigenvalue weighted by atomic mass is 16.5. The Labute approximate surface area is 99.5 Å². The molecule has 1 aliphatic carbocycles. The lowest BCUT2D eigenvalue weighted by atomic mass is 10.1. The van der Waals surface area contributed by atoms with Crippen LogP contribution in [0.3, 0.4) is 0 Å². The summed E-state index contributed by atoms with van der Waals surface area (Å²) in [4.78, 5) is 2.67. The highest BCUT2D eigenvalue weighted by Gasteiger charge is 2.35. The number of ether oxygens (including phenoxy) is 1. The molecule has 0 amide bonds. The van der Waals surface area contributed by atoms with Gasteiger partial charge < -0.3 is 10.1 Å². The number of nitrogens with zero attached hydrogens (tertiary/aromatic N) is 1. The van der Waals surface area contributed by atoms with Crippen molar-refractivity contribution >= 4 is 0 Å². The molecule has 0 radical (unpaired) electrons. The summed E-state index contributed by atoms with van der Waals surface area (Å²) in [5.41, 5.74) is 0. The Morgan fingerprint density at radius 3 is 3.12 bits per heavy atom. The average molecular weight is 226 g/mol. The summed E-state index contributed by atoms with van der Waals surface area (Å²) in [5, 5.41) is 3.31. The lowest BCUT2D eigenvalue weighted by Gasteiger charge is -2.37. The fourth-order valence-electron chi connectivity index (χ4n) is 3.03. The average Bonchev–Trinajstić information content (AvgIpc) is 2.77. The van der Waals surface area contributed by atoms with Gasteiger partial charge in [0.15, 0.2) is 0 Å². The Kier molecular flexibility index (Phi) is 4.62. The van der Waals surface area contributed by atoms with Crippen molar-refractivity contribution in [3.8, 4) is 0 Å². The van der Waals surface area contributed by atoms with E-state index in [2.05, 4.69) is 17.1 Å². The first-order valence-electron chi connectivity index (χ1n) is 6.84. The molecule has 3 unspecified atom stereocenters. The third-order valence-electron chi connectivity index (χ3n) is 4.17. The van der Waals surface area contributed by atoms with Crippen molar-refractivity contribution in [3.63, 3.8) is 0 Å². The molecule has 0 spiro atoms. The summed E-state index contributed by atoms with van der Waals surface area (Å²) in [6.45, 7) is 5.62. The quantitative estimate of drug-likeness (QED) is 0.771. The second-order valence-corrected chi connectivity index (χ2v) is 5.28. The minimum absolute atomic E-state index is 0.551. The Bertz CT molecular complexity index is 210. The van der Waals surface area contributed by atoms with Crippen molar-refractivity contribution in [2.45, 2.75) is 57.2 Å². The zero-order valence-corrected chi connectivity index (χ0v) is 10.7. The molecule has 3 atom stereocenters. The van der Waals surface area contributed by atoms with Crippen molar-refractivity contribution in [1.82, 2.24) is 10.2 Å². The first-order valence-corrected chi connectivity index (χ1v) is 6.84. The monoisotopic (exact) mass is 226 g/mol. The van der Waals surface area contributed by atoms with Gasteiger partial charge in [-0.1, -0.05) is 0 Å². The van der Waals surface area contributed by atoms with Crippen molar-refractivity contribution < 1.29 is 4.74 Å². The molecular formula is C13H26N2O. The molecule has 2 fully saturated rings. The van der Waals surface area contributed by atoms with Crippen LogP contribution in [0.15, 0.2) is 0 Å². The van der Waals surface area contributed by atoms with Gasteiger partial charge in [0.2, 0.25) is 0 Å². The van der Waals surface area contributed by atoms with Gasteiger partial charge in [-0.3, -0.25) is 4.90 Å². The molecule has 0 aromatic carbocycles. The summed E-state index contributed by atoms with van der Waals surface area (Å²) in [7, 11) is 2.05. The van der Waals surface area contributed by atoms with Crippen LogP contribution in [-0.4, -0.2) is 49.8 Å². The largest absolute Gasteiger partial charge is 0.375 e. The lowest BCUT2D eigenvalue weighted by molar-refractivity contribution is -0.0559. The minimum Gasteiger partial charge on any atom is -0.375 e. The zero-order chi connectivity index (χ0) is 11.4. The van der Waals surface area contributed by atoms with Crippen LogP contribution in [0, 0.1) is 0 Å². The molecule has 1 heterocycles. The van der Waals surface area contributed by atoms with E-state index in [4.69, 9.17) is 4.74 Å². The molecule has 3 nitrogen and oxygen atoms in total. The molecular weight excluding hydrogens is 200 g/mol. The first-order chi connectivity index (χ1) is 7.81. The Morgan fingerprint density at radius 1 is 1.44 bits per heavy atom. The van der Waals surface area contributed by atoms with Gasteiger partial charge in [0, 0.05) is 18.6 Å². The van der Waals surface area contributed by atoms with Gasteiger partial charge in [-0.05, 0) is 52.6 Å². The van der Waals surface area contributed by atoms with Crippen molar-refractivity contribution in [2.75, 3.05) is 26.7 Å². The van der Waals surface area contributed by atoms with Crippen LogP contribution in [0.2, 0.25) is 0 Å². The van der Waals surface area contributed by atoms with Crippen molar-refractivity contribution in [2.24, 2.45) is 0 Å². The topological polar surface area (TPSA) is 24.5 Å². The van der Waals surface area contributed by atoms with Gasteiger partial charge in [0.05, 0.1) is 12.7 Å². The molecule has 0 aromatic rings. The van der Waals surface area contributed by atoms with E-state index in [9.17, 15) is 0 Å². The molecule has 2 aliphatic rings. The van der Waals surface area contributed by atoms with E-state index >= 15 is 0 Å². The summed E-state index contributed by atoms with van der Waals surface area (Å²) >= 11 is 0. The standard InChI is InChI=1S/C13H26N2O/c1-11(14-2)5-4-8-15-9-10-16-13-7-3-6-12(13)15/h11-14H,3-10H2,1-2H3. The molecule has 1 saturated carbocycles. The molecule has 16 heavy (non-hydrogen) atoms. The van der Waals surface area contributed by atoms with Crippen LogP contribution in [0.25, 0.3) is 0 Å². The van der Waals surface area contributed by atoms with Crippen molar-refractivity contribution in [1.29, 1.82) is 0 Å². The number of hydrogen-bond donors (Lipinski definition) is 1. The lowest BCUT2D eigenvalue weighted by Crippen LogP contribution is -2.48. The summed E-state index contributed by atoms with van der Waals surface area (Å²) < 4.78 is 5.83. The Morgan fingerprint density at radius 2 is 2.31 bits per heavy atom. The molecule has 1 saturated heterocycles. The fraction of sp³-hybridized carbons (Fsp3) is 1.00. The maximum absolute atomic E-state index is 5.83. The fourth-order valence-corrected chi connectivity index (χ4v) is 3.03. The molecule has 1 N–H and O–H groups in total. The van der Waals surface area contributed by atoms with Gasteiger partial charge in [-0.25, -0.2) is 0 Å². The van der Waals surface area contributed by atoms with E-state index < -0.39 is 0 Å². The van der Waals surface area contributed by atoms with Crippen LogP contribution in [-0.2, 0) is 4.74 Å². The maximum Gasteiger partial charge on any atom is 0.0730 e. The zero-order valence-electron chi connectivity index (χ0n) is 10.7. The molecule has 1 aliphatic heterocycles. The summed E-state index contributed by atoms with van der Waals surface area (Å²) in [6.07, 6.45) is 7.14. The van der Waals surface area contributed by atoms with E-state index in [-0.39, 0.29) is 0 Å². The summed E-state index contributed by atoms with van der Waals surface area (Å²) in [6, 6.07) is 1.39. The van der Waals surface area contributed by atoms with Crippen LogP contribution in [0.4, 0.5) is 0 Å². The molecule has 3 heteroatoms. The number of morpholine rings is 1. The molecule has 94 valence electrons. The predicted molar refractivity (Wildman–Crippen MR) is 66.7 cm³/mol. The van der Waals surface area contributed by atoms with Gasteiger partial charge in [0.25, 0.3) is 0 Å². The minimum atomic E-state index is 0.551. The number of hydrogen-bond acceptors (Lipinski definition) is 3. The number of fused-ring (bicyclic) bond motifs is 1. The van der Waals surface area contributed by atoms with E-state index in [0.29, 0.717) is 12.1 Å². The third kappa shape index (κ3) is 2.96.